The number of furan rings is 1. The normalized spacial score (nSPS) is 12.2. The lowest BCUT2D eigenvalue weighted by Crippen LogP contribution is -2.17. The third-order valence-corrected chi connectivity index (χ3v) is 3.50. The van der Waals surface area contributed by atoms with Crippen LogP contribution in [0, 0.1) is 13.8 Å². The third kappa shape index (κ3) is 3.73. The van der Waals surface area contributed by atoms with Crippen LogP contribution in [-0.4, -0.2) is 13.1 Å². The van der Waals surface area contributed by atoms with E-state index in [0.29, 0.717) is 17.9 Å². The number of benzene rings is 1. The molecule has 21 heavy (non-hydrogen) atoms. The van der Waals surface area contributed by atoms with Crippen molar-refractivity contribution in [3.63, 3.8) is 0 Å². The van der Waals surface area contributed by atoms with Gasteiger partial charge in [-0.05, 0) is 32.4 Å². The standard InChI is InChI=1S/C17H21NO3/c1-11-6-5-7-14(8-11)12(2)18-10-15-9-16(13(3)21-15)17(19)20-4/h5-9,12,18H,10H2,1-4H3/t12-/m1/s1. The predicted octanol–water partition coefficient (Wildman–Crippen LogP) is 3.53. The van der Waals surface area contributed by atoms with Crippen molar-refractivity contribution in [1.82, 2.24) is 5.32 Å². The van der Waals surface area contributed by atoms with Gasteiger partial charge in [0.2, 0.25) is 0 Å². The van der Waals surface area contributed by atoms with E-state index in [9.17, 15) is 4.79 Å². The molecule has 1 aromatic carbocycles. The second-order valence-electron chi connectivity index (χ2n) is 5.19. The van der Waals surface area contributed by atoms with Gasteiger partial charge in [-0.1, -0.05) is 29.8 Å². The van der Waals surface area contributed by atoms with Gasteiger partial charge in [0.15, 0.2) is 0 Å². The van der Waals surface area contributed by atoms with E-state index in [-0.39, 0.29) is 12.0 Å². The average Bonchev–Trinajstić information content (AvgIpc) is 2.85. The predicted molar refractivity (Wildman–Crippen MR) is 81.2 cm³/mol. The summed E-state index contributed by atoms with van der Waals surface area (Å²) >= 11 is 0. The first-order valence-electron chi connectivity index (χ1n) is 6.99. The van der Waals surface area contributed by atoms with Crippen LogP contribution in [0.4, 0.5) is 0 Å². The Balaban J connectivity index is 2.01. The molecule has 2 rings (SSSR count). The van der Waals surface area contributed by atoms with Crippen LogP contribution in [0.1, 0.15) is 46.0 Å². The number of hydrogen-bond acceptors (Lipinski definition) is 4. The summed E-state index contributed by atoms with van der Waals surface area (Å²) in [5.74, 6) is 0.948. The van der Waals surface area contributed by atoms with Gasteiger partial charge in [-0.2, -0.15) is 0 Å². The highest BCUT2D eigenvalue weighted by Crippen LogP contribution is 2.18. The molecule has 1 heterocycles. The Morgan fingerprint density at radius 1 is 1.33 bits per heavy atom. The smallest absolute Gasteiger partial charge is 0.341 e. The number of nitrogens with one attached hydrogen (secondary N) is 1. The summed E-state index contributed by atoms with van der Waals surface area (Å²) in [6.45, 7) is 6.51. The second kappa shape index (κ2) is 6.59. The molecule has 112 valence electrons. The van der Waals surface area contributed by atoms with Gasteiger partial charge in [0, 0.05) is 6.04 Å². The summed E-state index contributed by atoms with van der Waals surface area (Å²) in [4.78, 5) is 11.5. The number of hydrogen-bond donors (Lipinski definition) is 1. The van der Waals surface area contributed by atoms with E-state index in [0.717, 1.165) is 5.76 Å². The molecule has 4 heteroatoms. The van der Waals surface area contributed by atoms with Gasteiger partial charge in [0.25, 0.3) is 0 Å². The maximum atomic E-state index is 11.5. The largest absolute Gasteiger partial charge is 0.465 e. The molecule has 0 saturated carbocycles. The Kier molecular flexibility index (Phi) is 4.81. The number of esters is 1. The molecule has 0 saturated heterocycles. The van der Waals surface area contributed by atoms with Crippen LogP contribution >= 0.6 is 0 Å². The van der Waals surface area contributed by atoms with Gasteiger partial charge in [0.1, 0.15) is 17.1 Å². The number of ether oxygens (including phenoxy) is 1. The summed E-state index contributed by atoms with van der Waals surface area (Å²) < 4.78 is 10.3. The zero-order valence-corrected chi connectivity index (χ0v) is 12.9. The summed E-state index contributed by atoms with van der Waals surface area (Å²) in [5.41, 5.74) is 2.95. The fourth-order valence-electron chi connectivity index (χ4n) is 2.25. The lowest BCUT2D eigenvalue weighted by molar-refractivity contribution is 0.0599. The molecule has 0 aliphatic rings. The van der Waals surface area contributed by atoms with Gasteiger partial charge in [0.05, 0.1) is 13.7 Å². The van der Waals surface area contributed by atoms with E-state index < -0.39 is 0 Å². The zero-order valence-electron chi connectivity index (χ0n) is 12.9. The first-order valence-corrected chi connectivity index (χ1v) is 6.99. The van der Waals surface area contributed by atoms with E-state index in [1.807, 2.05) is 0 Å². The number of rotatable bonds is 5. The maximum Gasteiger partial charge on any atom is 0.341 e. The molecule has 0 radical (unpaired) electrons. The van der Waals surface area contributed by atoms with Crippen LogP contribution in [-0.2, 0) is 11.3 Å². The number of carbonyl (C=O) groups excluding carboxylic acids is 1. The van der Waals surface area contributed by atoms with Crippen molar-refractivity contribution < 1.29 is 13.9 Å². The summed E-state index contributed by atoms with van der Waals surface area (Å²) in [5, 5.41) is 3.39. The fraction of sp³-hybridized carbons (Fsp3) is 0.353. The van der Waals surface area contributed by atoms with Gasteiger partial charge >= 0.3 is 5.97 Å². The molecule has 0 aliphatic carbocycles. The SMILES string of the molecule is COC(=O)c1cc(CN[C@H](C)c2cccc(C)c2)oc1C. The van der Waals surface area contributed by atoms with Crippen LogP contribution in [0.5, 0.6) is 0 Å². The minimum absolute atomic E-state index is 0.205. The highest BCUT2D eigenvalue weighted by atomic mass is 16.5. The highest BCUT2D eigenvalue weighted by Gasteiger charge is 2.15. The molecule has 1 aromatic heterocycles. The number of carbonyl (C=O) groups is 1. The minimum atomic E-state index is -0.366. The third-order valence-electron chi connectivity index (χ3n) is 3.50. The van der Waals surface area contributed by atoms with E-state index in [2.05, 4.69) is 43.4 Å². The Labute approximate surface area is 125 Å². The Morgan fingerprint density at radius 3 is 2.76 bits per heavy atom. The van der Waals surface area contributed by atoms with Crippen molar-refractivity contribution in [3.8, 4) is 0 Å². The maximum absolute atomic E-state index is 11.5. The molecule has 0 amide bonds. The molecule has 1 N–H and O–H groups in total. The molecular formula is C17H21NO3. The Hall–Kier alpha value is -2.07. The molecule has 0 aliphatic heterocycles. The van der Waals surface area contributed by atoms with E-state index in [1.54, 1.807) is 13.0 Å². The van der Waals surface area contributed by atoms with Crippen LogP contribution in [0.25, 0.3) is 0 Å². The van der Waals surface area contributed by atoms with Crippen molar-refractivity contribution in [1.29, 1.82) is 0 Å². The lowest BCUT2D eigenvalue weighted by atomic mass is 10.1. The van der Waals surface area contributed by atoms with E-state index in [1.165, 1.54) is 18.2 Å². The van der Waals surface area contributed by atoms with Crippen LogP contribution in [0.15, 0.2) is 34.7 Å². The first-order chi connectivity index (χ1) is 10.0. The lowest BCUT2D eigenvalue weighted by Gasteiger charge is -2.13. The van der Waals surface area contributed by atoms with Crippen molar-refractivity contribution in [2.75, 3.05) is 7.11 Å². The molecular weight excluding hydrogens is 266 g/mol. The zero-order chi connectivity index (χ0) is 15.4. The van der Waals surface area contributed by atoms with Gasteiger partial charge in [-0.25, -0.2) is 4.79 Å². The average molecular weight is 287 g/mol. The van der Waals surface area contributed by atoms with Crippen molar-refractivity contribution in [2.45, 2.75) is 33.4 Å². The molecule has 4 nitrogen and oxygen atoms in total. The van der Waals surface area contributed by atoms with Crippen LogP contribution < -0.4 is 5.32 Å². The van der Waals surface area contributed by atoms with Crippen LogP contribution in [0.2, 0.25) is 0 Å². The number of aryl methyl sites for hydroxylation is 2. The molecule has 0 spiro atoms. The van der Waals surface area contributed by atoms with Crippen molar-refractivity contribution >= 4 is 5.97 Å². The summed E-state index contributed by atoms with van der Waals surface area (Å²) in [6, 6.07) is 10.3. The highest BCUT2D eigenvalue weighted by molar-refractivity contribution is 5.90. The quantitative estimate of drug-likeness (QED) is 0.855. The van der Waals surface area contributed by atoms with Crippen molar-refractivity contribution in [3.05, 3.63) is 58.5 Å². The molecule has 0 bridgehead atoms. The van der Waals surface area contributed by atoms with E-state index >= 15 is 0 Å². The molecule has 0 unspecified atom stereocenters. The Bertz CT molecular complexity index is 631. The van der Waals surface area contributed by atoms with Crippen LogP contribution in [0.3, 0.4) is 0 Å². The topological polar surface area (TPSA) is 51.5 Å². The second-order valence-corrected chi connectivity index (χ2v) is 5.19. The first kappa shape index (κ1) is 15.3. The van der Waals surface area contributed by atoms with E-state index in [4.69, 9.17) is 9.15 Å². The summed E-state index contributed by atoms with van der Waals surface area (Å²) in [7, 11) is 1.37. The van der Waals surface area contributed by atoms with Gasteiger partial charge in [-0.15, -0.1) is 0 Å². The minimum Gasteiger partial charge on any atom is -0.465 e. The number of methoxy groups -OCH3 is 1. The monoisotopic (exact) mass is 287 g/mol. The summed E-state index contributed by atoms with van der Waals surface area (Å²) in [6.07, 6.45) is 0. The van der Waals surface area contributed by atoms with Gasteiger partial charge in [-0.3, -0.25) is 0 Å². The van der Waals surface area contributed by atoms with Crippen molar-refractivity contribution in [2.24, 2.45) is 0 Å². The molecule has 1 atom stereocenters. The Morgan fingerprint density at radius 2 is 2.10 bits per heavy atom. The molecule has 0 fully saturated rings. The van der Waals surface area contributed by atoms with Gasteiger partial charge < -0.3 is 14.5 Å². The fourth-order valence-corrected chi connectivity index (χ4v) is 2.25. The molecule has 2 aromatic rings.